The van der Waals surface area contributed by atoms with Crippen LogP contribution in [0.1, 0.15) is 129 Å². The van der Waals surface area contributed by atoms with Gasteiger partial charge in [0, 0.05) is 32.6 Å². The van der Waals surface area contributed by atoms with Gasteiger partial charge in [-0.05, 0) is 25.7 Å². The summed E-state index contributed by atoms with van der Waals surface area (Å²) in [7, 11) is 0. The minimum atomic E-state index is -0.675. The first-order valence-electron chi connectivity index (χ1n) is 14.9. The average molecular weight is 516 g/mol. The number of hydrogen-bond donors (Lipinski definition) is 2. The molecule has 214 valence electrons. The lowest BCUT2D eigenvalue weighted by molar-refractivity contribution is -0.137. The van der Waals surface area contributed by atoms with Crippen LogP contribution >= 0.6 is 0 Å². The molecule has 0 atom stereocenters. The van der Waals surface area contributed by atoms with E-state index in [1.807, 2.05) is 0 Å². The normalized spacial score (nSPS) is 11.1. The summed E-state index contributed by atoms with van der Waals surface area (Å²) in [6.45, 7) is 6.71. The summed E-state index contributed by atoms with van der Waals surface area (Å²) in [5.41, 5.74) is 0. The molecule has 0 bridgehead atoms. The second-order valence-electron chi connectivity index (χ2n) is 9.74. The van der Waals surface area contributed by atoms with Gasteiger partial charge in [0.15, 0.2) is 0 Å². The molecule has 0 saturated carbocycles. The van der Waals surface area contributed by atoms with Gasteiger partial charge in [0.05, 0.1) is 26.4 Å². The Kier molecular flexibility index (Phi) is 29.1. The Morgan fingerprint density at radius 2 is 0.917 bits per heavy atom. The number of carboxylic acids is 1. The summed E-state index contributed by atoms with van der Waals surface area (Å²) in [5.74, 6) is -0.519. The molecule has 7 nitrogen and oxygen atoms in total. The van der Waals surface area contributed by atoms with E-state index in [9.17, 15) is 9.59 Å². The van der Waals surface area contributed by atoms with Gasteiger partial charge < -0.3 is 24.6 Å². The van der Waals surface area contributed by atoms with E-state index in [2.05, 4.69) is 12.2 Å². The molecule has 0 radical (unpaired) electrons. The van der Waals surface area contributed by atoms with Crippen molar-refractivity contribution in [2.24, 2.45) is 0 Å². The number of nitrogens with one attached hydrogen (secondary N) is 1. The fraction of sp³-hybridized carbons (Fsp3) is 0.931. The number of ether oxygens (including phenoxy) is 3. The highest BCUT2D eigenvalue weighted by Gasteiger charge is 2.01. The topological polar surface area (TPSA) is 94.1 Å². The third kappa shape index (κ3) is 30.9. The van der Waals surface area contributed by atoms with E-state index in [4.69, 9.17) is 19.3 Å². The molecule has 0 saturated heterocycles. The van der Waals surface area contributed by atoms with Crippen LogP contribution in [-0.4, -0.2) is 63.2 Å². The molecule has 2 N–H and O–H groups in total. The van der Waals surface area contributed by atoms with Gasteiger partial charge in [-0.2, -0.15) is 0 Å². The SMILES string of the molecule is CCCCOCCOCCOCCCNC(=O)CCCCCCCCCCCCCCCCC(=O)O. The molecular weight excluding hydrogens is 458 g/mol. The zero-order chi connectivity index (χ0) is 26.4. The van der Waals surface area contributed by atoms with E-state index in [0.29, 0.717) is 52.4 Å². The molecular formula is C29H57NO6. The molecule has 36 heavy (non-hydrogen) atoms. The van der Waals surface area contributed by atoms with E-state index in [1.54, 1.807) is 0 Å². The maximum absolute atomic E-state index is 11.9. The smallest absolute Gasteiger partial charge is 0.303 e. The van der Waals surface area contributed by atoms with Crippen molar-refractivity contribution in [1.29, 1.82) is 0 Å². The van der Waals surface area contributed by atoms with Gasteiger partial charge in [-0.3, -0.25) is 9.59 Å². The largest absolute Gasteiger partial charge is 0.481 e. The predicted octanol–water partition coefficient (Wildman–Crippen LogP) is 6.67. The molecule has 0 aromatic heterocycles. The fourth-order valence-electron chi connectivity index (χ4n) is 3.96. The van der Waals surface area contributed by atoms with Crippen molar-refractivity contribution in [3.63, 3.8) is 0 Å². The van der Waals surface area contributed by atoms with Crippen LogP contribution in [0.25, 0.3) is 0 Å². The van der Waals surface area contributed by atoms with Crippen LogP contribution in [0.15, 0.2) is 0 Å². The number of rotatable bonds is 30. The van der Waals surface area contributed by atoms with Crippen molar-refractivity contribution in [3.05, 3.63) is 0 Å². The Labute approximate surface area is 221 Å². The predicted molar refractivity (Wildman–Crippen MR) is 146 cm³/mol. The van der Waals surface area contributed by atoms with E-state index < -0.39 is 5.97 Å². The second-order valence-corrected chi connectivity index (χ2v) is 9.74. The zero-order valence-corrected chi connectivity index (χ0v) is 23.4. The van der Waals surface area contributed by atoms with Gasteiger partial charge in [0.2, 0.25) is 5.91 Å². The molecule has 0 fully saturated rings. The molecule has 0 aromatic rings. The first-order chi connectivity index (χ1) is 17.7. The van der Waals surface area contributed by atoms with Crippen molar-refractivity contribution in [2.75, 3.05) is 46.2 Å². The summed E-state index contributed by atoms with van der Waals surface area (Å²) >= 11 is 0. The lowest BCUT2D eigenvalue weighted by Gasteiger charge is -2.08. The lowest BCUT2D eigenvalue weighted by atomic mass is 10.0. The summed E-state index contributed by atoms with van der Waals surface area (Å²) in [6.07, 6.45) is 20.8. The Bertz CT molecular complexity index is 475. The molecule has 0 aliphatic heterocycles. The maximum Gasteiger partial charge on any atom is 0.303 e. The highest BCUT2D eigenvalue weighted by molar-refractivity contribution is 5.75. The van der Waals surface area contributed by atoms with Gasteiger partial charge in [-0.1, -0.05) is 90.4 Å². The minimum Gasteiger partial charge on any atom is -0.481 e. The van der Waals surface area contributed by atoms with Crippen LogP contribution in [0.5, 0.6) is 0 Å². The number of carboxylic acid groups (broad SMARTS) is 1. The lowest BCUT2D eigenvalue weighted by Crippen LogP contribution is -2.25. The Balaban J connectivity index is 3.15. The molecule has 0 rings (SSSR count). The number of hydrogen-bond acceptors (Lipinski definition) is 5. The Hall–Kier alpha value is -1.18. The quantitative estimate of drug-likeness (QED) is 0.104. The average Bonchev–Trinajstić information content (AvgIpc) is 2.86. The van der Waals surface area contributed by atoms with Crippen molar-refractivity contribution < 1.29 is 28.9 Å². The molecule has 0 unspecified atom stereocenters. The fourth-order valence-corrected chi connectivity index (χ4v) is 3.96. The monoisotopic (exact) mass is 515 g/mol. The van der Waals surface area contributed by atoms with Crippen molar-refractivity contribution in [2.45, 2.75) is 129 Å². The first kappa shape index (κ1) is 34.8. The number of aliphatic carboxylic acids is 1. The molecule has 0 aliphatic rings. The number of amides is 1. The third-order valence-electron chi connectivity index (χ3n) is 6.22. The molecule has 1 amide bonds. The van der Waals surface area contributed by atoms with E-state index in [1.165, 1.54) is 64.2 Å². The third-order valence-corrected chi connectivity index (χ3v) is 6.22. The van der Waals surface area contributed by atoms with Crippen LogP contribution in [0.4, 0.5) is 0 Å². The van der Waals surface area contributed by atoms with Crippen LogP contribution in [0.3, 0.4) is 0 Å². The summed E-state index contributed by atoms with van der Waals surface area (Å²) < 4.78 is 16.4. The summed E-state index contributed by atoms with van der Waals surface area (Å²) in [5, 5.41) is 11.6. The van der Waals surface area contributed by atoms with E-state index in [-0.39, 0.29) is 5.91 Å². The number of carbonyl (C=O) groups is 2. The molecule has 7 heteroatoms. The second kappa shape index (κ2) is 30.0. The number of unbranched alkanes of at least 4 members (excludes halogenated alkanes) is 14. The van der Waals surface area contributed by atoms with Crippen LogP contribution < -0.4 is 5.32 Å². The van der Waals surface area contributed by atoms with Crippen molar-refractivity contribution in [1.82, 2.24) is 5.32 Å². The standard InChI is InChI=1S/C29H57NO6/c1-2-3-22-34-24-26-36-27-25-35-23-18-21-30-28(31)19-16-14-12-10-8-6-4-5-7-9-11-13-15-17-20-29(32)33/h2-27H2,1H3,(H,30,31)(H,32,33). The van der Waals surface area contributed by atoms with E-state index in [0.717, 1.165) is 51.6 Å². The Morgan fingerprint density at radius 3 is 1.36 bits per heavy atom. The van der Waals surface area contributed by atoms with E-state index >= 15 is 0 Å². The summed E-state index contributed by atoms with van der Waals surface area (Å²) in [4.78, 5) is 22.3. The Morgan fingerprint density at radius 1 is 0.528 bits per heavy atom. The maximum atomic E-state index is 11.9. The highest BCUT2D eigenvalue weighted by Crippen LogP contribution is 2.13. The summed E-state index contributed by atoms with van der Waals surface area (Å²) in [6, 6.07) is 0. The molecule has 0 aliphatic carbocycles. The molecule has 0 heterocycles. The highest BCUT2D eigenvalue weighted by atomic mass is 16.5. The van der Waals surface area contributed by atoms with Gasteiger partial charge in [-0.25, -0.2) is 0 Å². The first-order valence-corrected chi connectivity index (χ1v) is 14.9. The van der Waals surface area contributed by atoms with Crippen molar-refractivity contribution >= 4 is 11.9 Å². The van der Waals surface area contributed by atoms with Gasteiger partial charge in [0.25, 0.3) is 0 Å². The van der Waals surface area contributed by atoms with Crippen LogP contribution in [0, 0.1) is 0 Å². The minimum absolute atomic E-state index is 0.156. The molecule has 0 spiro atoms. The van der Waals surface area contributed by atoms with Crippen LogP contribution in [-0.2, 0) is 23.8 Å². The van der Waals surface area contributed by atoms with Gasteiger partial charge in [0.1, 0.15) is 0 Å². The van der Waals surface area contributed by atoms with Gasteiger partial charge in [-0.15, -0.1) is 0 Å². The zero-order valence-electron chi connectivity index (χ0n) is 23.4. The van der Waals surface area contributed by atoms with Gasteiger partial charge >= 0.3 is 5.97 Å². The molecule has 0 aromatic carbocycles. The van der Waals surface area contributed by atoms with Crippen molar-refractivity contribution in [3.8, 4) is 0 Å². The van der Waals surface area contributed by atoms with Crippen LogP contribution in [0.2, 0.25) is 0 Å². The number of carbonyl (C=O) groups excluding carboxylic acids is 1.